The first-order valence-corrected chi connectivity index (χ1v) is 7.59. The van der Waals surface area contributed by atoms with Crippen molar-refractivity contribution in [1.82, 2.24) is 9.97 Å². The van der Waals surface area contributed by atoms with Crippen molar-refractivity contribution in [3.63, 3.8) is 0 Å². The molecule has 0 N–H and O–H groups in total. The molecule has 0 unspecified atom stereocenters. The van der Waals surface area contributed by atoms with Crippen LogP contribution in [-0.4, -0.2) is 15.2 Å². The Morgan fingerprint density at radius 1 is 0.900 bits per heavy atom. The summed E-state index contributed by atoms with van der Waals surface area (Å²) in [6.45, 7) is 4.40. The van der Waals surface area contributed by atoms with E-state index in [4.69, 9.17) is 0 Å². The highest BCUT2D eigenvalue weighted by atomic mass is 32.2. The van der Waals surface area contributed by atoms with Crippen molar-refractivity contribution in [2.45, 2.75) is 24.0 Å². The molecule has 0 atom stereocenters. The van der Waals surface area contributed by atoms with Gasteiger partial charge in [0.2, 0.25) is 0 Å². The molecule has 0 fully saturated rings. The molecule has 0 saturated carbocycles. The van der Waals surface area contributed by atoms with E-state index in [0.29, 0.717) is 5.25 Å². The van der Waals surface area contributed by atoms with Gasteiger partial charge in [-0.25, -0.2) is 4.98 Å². The number of hydrogen-bond acceptors (Lipinski definition) is 3. The van der Waals surface area contributed by atoms with E-state index in [9.17, 15) is 0 Å². The van der Waals surface area contributed by atoms with Gasteiger partial charge in [-0.3, -0.25) is 4.98 Å². The van der Waals surface area contributed by atoms with Gasteiger partial charge in [0, 0.05) is 15.7 Å². The van der Waals surface area contributed by atoms with Crippen molar-refractivity contribution in [3.05, 3.63) is 54.7 Å². The molecule has 0 aliphatic heterocycles. The molecule has 0 radical (unpaired) electrons. The first-order valence-electron chi connectivity index (χ1n) is 6.71. The van der Waals surface area contributed by atoms with Crippen molar-refractivity contribution in [2.24, 2.45) is 0 Å². The van der Waals surface area contributed by atoms with Gasteiger partial charge < -0.3 is 0 Å². The number of nitrogens with zero attached hydrogens (tertiary/aromatic N) is 2. The Hall–Kier alpha value is -1.87. The molecule has 0 bridgehead atoms. The molecule has 0 aliphatic rings. The van der Waals surface area contributed by atoms with Crippen molar-refractivity contribution in [3.8, 4) is 11.3 Å². The van der Waals surface area contributed by atoms with Gasteiger partial charge in [-0.2, -0.15) is 0 Å². The minimum absolute atomic E-state index is 0.598. The predicted octanol–water partition coefficient (Wildman–Crippen LogP) is 4.80. The average molecular weight is 280 g/mol. The monoisotopic (exact) mass is 280 g/mol. The van der Waals surface area contributed by atoms with E-state index in [2.05, 4.69) is 48.1 Å². The standard InChI is InChI=1S/C17H16N2S/c1-12(2)20-14-9-7-13(8-10-14)17-11-18-15-5-3-4-6-16(15)19-17/h3-12H,1-2H3. The van der Waals surface area contributed by atoms with Crippen LogP contribution in [0.2, 0.25) is 0 Å². The third kappa shape index (κ3) is 2.83. The normalized spacial score (nSPS) is 11.2. The number of fused-ring (bicyclic) bond motifs is 1. The number of thioether (sulfide) groups is 1. The predicted molar refractivity (Wildman–Crippen MR) is 86.0 cm³/mol. The Bertz CT molecular complexity index is 720. The molecule has 3 heteroatoms. The molecule has 0 spiro atoms. The lowest BCUT2D eigenvalue weighted by atomic mass is 10.1. The zero-order chi connectivity index (χ0) is 13.9. The van der Waals surface area contributed by atoms with Gasteiger partial charge in [0.15, 0.2) is 0 Å². The molecule has 2 aromatic carbocycles. The second kappa shape index (κ2) is 5.63. The van der Waals surface area contributed by atoms with Crippen LogP contribution in [0.25, 0.3) is 22.3 Å². The third-order valence-corrected chi connectivity index (χ3v) is 3.99. The average Bonchev–Trinajstić information content (AvgIpc) is 2.47. The van der Waals surface area contributed by atoms with Gasteiger partial charge in [-0.05, 0) is 24.3 Å². The fourth-order valence-electron chi connectivity index (χ4n) is 2.07. The SMILES string of the molecule is CC(C)Sc1ccc(-c2cnc3ccccc3n2)cc1. The molecule has 2 nitrogen and oxygen atoms in total. The molecule has 0 aliphatic carbocycles. The van der Waals surface area contributed by atoms with E-state index in [1.807, 2.05) is 42.2 Å². The van der Waals surface area contributed by atoms with E-state index in [1.165, 1.54) is 4.90 Å². The summed E-state index contributed by atoms with van der Waals surface area (Å²) < 4.78 is 0. The van der Waals surface area contributed by atoms with Crippen molar-refractivity contribution < 1.29 is 0 Å². The van der Waals surface area contributed by atoms with E-state index in [1.54, 1.807) is 0 Å². The summed E-state index contributed by atoms with van der Waals surface area (Å²) in [5, 5.41) is 0.598. The number of rotatable bonds is 3. The first kappa shape index (κ1) is 13.1. The first-order chi connectivity index (χ1) is 9.72. The molecule has 20 heavy (non-hydrogen) atoms. The molecule has 1 heterocycles. The number of benzene rings is 2. The van der Waals surface area contributed by atoms with Crippen LogP contribution in [0.1, 0.15) is 13.8 Å². The largest absolute Gasteiger partial charge is 0.252 e. The zero-order valence-electron chi connectivity index (χ0n) is 11.6. The highest BCUT2D eigenvalue weighted by molar-refractivity contribution is 7.99. The van der Waals surface area contributed by atoms with Gasteiger partial charge in [-0.1, -0.05) is 38.1 Å². The lowest BCUT2D eigenvalue weighted by Crippen LogP contribution is -1.89. The maximum Gasteiger partial charge on any atom is 0.0894 e. The fraction of sp³-hybridized carbons (Fsp3) is 0.176. The maximum atomic E-state index is 4.67. The molecular formula is C17H16N2S. The van der Waals surface area contributed by atoms with E-state index < -0.39 is 0 Å². The van der Waals surface area contributed by atoms with Gasteiger partial charge >= 0.3 is 0 Å². The summed E-state index contributed by atoms with van der Waals surface area (Å²) in [7, 11) is 0. The summed E-state index contributed by atoms with van der Waals surface area (Å²) in [4.78, 5) is 10.4. The minimum Gasteiger partial charge on any atom is -0.252 e. The van der Waals surface area contributed by atoms with Gasteiger partial charge in [-0.15, -0.1) is 11.8 Å². The van der Waals surface area contributed by atoms with Crippen molar-refractivity contribution >= 4 is 22.8 Å². The summed E-state index contributed by atoms with van der Waals surface area (Å²) in [6, 6.07) is 16.5. The summed E-state index contributed by atoms with van der Waals surface area (Å²) in [6.07, 6.45) is 1.84. The lowest BCUT2D eigenvalue weighted by Gasteiger charge is -2.06. The fourth-order valence-corrected chi connectivity index (χ4v) is 2.91. The Morgan fingerprint density at radius 3 is 2.30 bits per heavy atom. The molecule has 3 aromatic rings. The van der Waals surface area contributed by atoms with Gasteiger partial charge in [0.25, 0.3) is 0 Å². The third-order valence-electron chi connectivity index (χ3n) is 2.97. The topological polar surface area (TPSA) is 25.8 Å². The second-order valence-corrected chi connectivity index (χ2v) is 6.58. The second-order valence-electron chi connectivity index (χ2n) is 4.93. The summed E-state index contributed by atoms with van der Waals surface area (Å²) >= 11 is 1.87. The molecule has 1 aromatic heterocycles. The zero-order valence-corrected chi connectivity index (χ0v) is 12.4. The van der Waals surface area contributed by atoms with Gasteiger partial charge in [0.05, 0.1) is 22.9 Å². The van der Waals surface area contributed by atoms with Crippen LogP contribution in [-0.2, 0) is 0 Å². The van der Waals surface area contributed by atoms with Crippen LogP contribution in [0.15, 0.2) is 59.6 Å². The lowest BCUT2D eigenvalue weighted by molar-refractivity contribution is 1.11. The van der Waals surface area contributed by atoms with Crippen LogP contribution in [0.3, 0.4) is 0 Å². The molecule has 0 saturated heterocycles. The van der Waals surface area contributed by atoms with Crippen LogP contribution in [0.4, 0.5) is 0 Å². The highest BCUT2D eigenvalue weighted by Crippen LogP contribution is 2.26. The summed E-state index contributed by atoms with van der Waals surface area (Å²) in [5.74, 6) is 0. The quantitative estimate of drug-likeness (QED) is 0.645. The Labute approximate surface area is 123 Å². The number of para-hydroxylation sites is 2. The molecule has 0 amide bonds. The molecule has 100 valence electrons. The molecular weight excluding hydrogens is 264 g/mol. The number of aromatic nitrogens is 2. The van der Waals surface area contributed by atoms with E-state index >= 15 is 0 Å². The van der Waals surface area contributed by atoms with Crippen LogP contribution in [0, 0.1) is 0 Å². The van der Waals surface area contributed by atoms with Crippen LogP contribution in [0.5, 0.6) is 0 Å². The molecule has 3 rings (SSSR count). The van der Waals surface area contributed by atoms with E-state index in [-0.39, 0.29) is 0 Å². The maximum absolute atomic E-state index is 4.67. The highest BCUT2D eigenvalue weighted by Gasteiger charge is 2.03. The Balaban J connectivity index is 1.94. The number of hydrogen-bond donors (Lipinski definition) is 0. The summed E-state index contributed by atoms with van der Waals surface area (Å²) in [5.41, 5.74) is 3.90. The minimum atomic E-state index is 0.598. The van der Waals surface area contributed by atoms with Crippen molar-refractivity contribution in [2.75, 3.05) is 0 Å². The van der Waals surface area contributed by atoms with Crippen molar-refractivity contribution in [1.29, 1.82) is 0 Å². The van der Waals surface area contributed by atoms with Gasteiger partial charge in [0.1, 0.15) is 0 Å². The van der Waals surface area contributed by atoms with E-state index in [0.717, 1.165) is 22.3 Å². The Kier molecular flexibility index (Phi) is 3.70. The smallest absolute Gasteiger partial charge is 0.0894 e. The van der Waals surface area contributed by atoms with Crippen LogP contribution < -0.4 is 0 Å². The van der Waals surface area contributed by atoms with Crippen LogP contribution >= 0.6 is 11.8 Å². The Morgan fingerprint density at radius 2 is 1.60 bits per heavy atom.